The molecule has 0 amide bonds. The summed E-state index contributed by atoms with van der Waals surface area (Å²) in [5, 5.41) is 3.98. The van der Waals surface area contributed by atoms with E-state index in [4.69, 9.17) is 4.52 Å². The van der Waals surface area contributed by atoms with Crippen molar-refractivity contribution < 1.29 is 30.5 Å². The summed E-state index contributed by atoms with van der Waals surface area (Å²) in [6.45, 7) is 0.695. The lowest BCUT2D eigenvalue weighted by atomic mass is 10.0. The summed E-state index contributed by atoms with van der Waals surface area (Å²) in [5.74, 6) is -5.70. The Kier molecular flexibility index (Phi) is 5.36. The van der Waals surface area contributed by atoms with Crippen LogP contribution >= 0.6 is 0 Å². The van der Waals surface area contributed by atoms with E-state index in [0.29, 0.717) is 0 Å². The Morgan fingerprint density at radius 2 is 1.86 bits per heavy atom. The Morgan fingerprint density at radius 3 is 2.54 bits per heavy atom. The first-order chi connectivity index (χ1) is 16.5. The van der Waals surface area contributed by atoms with E-state index in [1.807, 2.05) is 4.72 Å². The number of imidazole rings is 1. The Balaban J connectivity index is 1.66. The summed E-state index contributed by atoms with van der Waals surface area (Å²) in [4.78, 5) is 13.2. The normalized spacial score (nSPS) is 17.6. The van der Waals surface area contributed by atoms with Crippen LogP contribution in [0.4, 0.5) is 17.6 Å². The average molecular weight is 510 g/mol. The van der Waals surface area contributed by atoms with Crippen LogP contribution in [0.15, 0.2) is 51.9 Å². The molecule has 0 saturated heterocycles. The molecule has 0 radical (unpaired) electrons. The maximum atomic E-state index is 14.8. The number of hydrogen-bond donors (Lipinski definition) is 1. The molecule has 0 spiro atoms. The number of nitrogens with zero attached hydrogens (tertiary/aromatic N) is 3. The number of fused-ring (bicyclic) bond motifs is 2. The molecule has 184 valence electrons. The molecular formula is C22H18F4N4O4S. The van der Waals surface area contributed by atoms with Gasteiger partial charge in [-0.3, -0.25) is 4.57 Å². The van der Waals surface area contributed by atoms with Crippen LogP contribution in [0.2, 0.25) is 0 Å². The summed E-state index contributed by atoms with van der Waals surface area (Å²) in [5.41, 5.74) is -1.02. The molecule has 0 fully saturated rings. The molecule has 3 heterocycles. The highest BCUT2D eigenvalue weighted by Crippen LogP contribution is 2.36. The number of benzene rings is 2. The van der Waals surface area contributed by atoms with Crippen LogP contribution in [0.3, 0.4) is 0 Å². The zero-order valence-corrected chi connectivity index (χ0v) is 19.0. The molecule has 0 aliphatic carbocycles. The van der Waals surface area contributed by atoms with E-state index >= 15 is 0 Å². The van der Waals surface area contributed by atoms with E-state index in [1.54, 1.807) is 0 Å². The molecule has 1 aliphatic heterocycles. The maximum Gasteiger partial charge on any atom is 0.334 e. The first-order valence-electron chi connectivity index (χ1n) is 10.5. The highest BCUT2D eigenvalue weighted by molar-refractivity contribution is 7.89. The molecule has 13 heteroatoms. The fourth-order valence-corrected chi connectivity index (χ4v) is 5.07. The Hall–Kier alpha value is -3.45. The van der Waals surface area contributed by atoms with Gasteiger partial charge in [-0.15, -0.1) is 0 Å². The third-order valence-electron chi connectivity index (χ3n) is 6.00. The third-order valence-corrected chi connectivity index (χ3v) is 7.40. The summed E-state index contributed by atoms with van der Waals surface area (Å²) in [6, 6.07) is 5.94. The minimum atomic E-state index is -3.97. The maximum absolute atomic E-state index is 14.8. The van der Waals surface area contributed by atoms with Crippen molar-refractivity contribution in [2.24, 2.45) is 0 Å². The fourth-order valence-electron chi connectivity index (χ4n) is 4.22. The molecule has 4 aromatic rings. The summed E-state index contributed by atoms with van der Waals surface area (Å²) in [7, 11) is -3.97. The van der Waals surface area contributed by atoms with Crippen molar-refractivity contribution in [1.29, 1.82) is 0 Å². The molecule has 0 saturated carbocycles. The van der Waals surface area contributed by atoms with Crippen LogP contribution in [0.5, 0.6) is 0 Å². The Labute approximate surface area is 195 Å². The van der Waals surface area contributed by atoms with Gasteiger partial charge >= 0.3 is 5.69 Å². The van der Waals surface area contributed by atoms with Crippen molar-refractivity contribution in [1.82, 2.24) is 19.0 Å². The molecule has 1 N–H and O–H groups in total. The predicted molar refractivity (Wildman–Crippen MR) is 118 cm³/mol. The number of alkyl halides is 2. The van der Waals surface area contributed by atoms with E-state index in [2.05, 4.69) is 5.16 Å². The first-order valence-corrected chi connectivity index (χ1v) is 12.2. The average Bonchev–Trinajstić information content (AvgIpc) is 3.35. The van der Waals surface area contributed by atoms with Crippen molar-refractivity contribution >= 4 is 21.0 Å². The van der Waals surface area contributed by atoms with E-state index in [0.717, 1.165) is 27.5 Å². The monoisotopic (exact) mass is 510 g/mol. The molecule has 35 heavy (non-hydrogen) atoms. The van der Waals surface area contributed by atoms with Gasteiger partial charge in [-0.2, -0.15) is 0 Å². The number of sulfonamides is 1. The molecule has 1 atom stereocenters. The number of halogens is 4. The fraction of sp³-hybridized carbons (Fsp3) is 0.273. The van der Waals surface area contributed by atoms with Crippen molar-refractivity contribution in [3.8, 4) is 16.9 Å². The van der Waals surface area contributed by atoms with Gasteiger partial charge in [-0.05, 0) is 25.1 Å². The Bertz CT molecular complexity index is 1600. The number of hydrogen-bond acceptors (Lipinski definition) is 5. The summed E-state index contributed by atoms with van der Waals surface area (Å²) >= 11 is 0. The summed E-state index contributed by atoms with van der Waals surface area (Å²) < 4.78 is 91.6. The molecule has 8 nitrogen and oxygen atoms in total. The van der Waals surface area contributed by atoms with Crippen LogP contribution in [0.1, 0.15) is 12.6 Å². The molecule has 2 aromatic heterocycles. The van der Waals surface area contributed by atoms with Gasteiger partial charge in [-0.1, -0.05) is 23.4 Å². The second kappa shape index (κ2) is 8.05. The van der Waals surface area contributed by atoms with Gasteiger partial charge in [0.1, 0.15) is 17.7 Å². The summed E-state index contributed by atoms with van der Waals surface area (Å²) in [6.07, 6.45) is 0.239. The number of nitrogens with one attached hydrogen (secondary N) is 1. The highest BCUT2D eigenvalue weighted by atomic mass is 32.2. The molecule has 5 rings (SSSR count). The van der Waals surface area contributed by atoms with E-state index in [9.17, 15) is 30.8 Å². The second-order valence-electron chi connectivity index (χ2n) is 8.18. The van der Waals surface area contributed by atoms with Crippen LogP contribution in [-0.2, 0) is 23.0 Å². The van der Waals surface area contributed by atoms with Crippen LogP contribution in [0, 0.1) is 11.6 Å². The van der Waals surface area contributed by atoms with Gasteiger partial charge in [0.05, 0.1) is 23.1 Å². The molecule has 0 bridgehead atoms. The van der Waals surface area contributed by atoms with Gasteiger partial charge in [0.2, 0.25) is 10.0 Å². The third kappa shape index (κ3) is 3.84. The highest BCUT2D eigenvalue weighted by Gasteiger charge is 2.46. The Morgan fingerprint density at radius 1 is 1.17 bits per heavy atom. The van der Waals surface area contributed by atoms with Gasteiger partial charge in [0.25, 0.3) is 5.92 Å². The largest absolute Gasteiger partial charge is 0.354 e. The zero-order valence-electron chi connectivity index (χ0n) is 18.1. The van der Waals surface area contributed by atoms with Gasteiger partial charge in [0.15, 0.2) is 11.4 Å². The smallest absolute Gasteiger partial charge is 0.334 e. The predicted octanol–water partition coefficient (Wildman–Crippen LogP) is 3.22. The van der Waals surface area contributed by atoms with Gasteiger partial charge in [0, 0.05) is 24.0 Å². The lowest BCUT2D eigenvalue weighted by Crippen LogP contribution is -2.55. The van der Waals surface area contributed by atoms with Crippen LogP contribution in [0.25, 0.3) is 27.9 Å². The molecule has 1 unspecified atom stereocenters. The van der Waals surface area contributed by atoms with Crippen molar-refractivity contribution in [3.05, 3.63) is 70.4 Å². The van der Waals surface area contributed by atoms with Crippen LogP contribution in [-0.4, -0.2) is 40.4 Å². The number of rotatable bonds is 5. The van der Waals surface area contributed by atoms with Gasteiger partial charge < -0.3 is 4.52 Å². The van der Waals surface area contributed by atoms with Crippen molar-refractivity contribution in [2.45, 2.75) is 31.9 Å². The molecular weight excluding hydrogens is 492 g/mol. The van der Waals surface area contributed by atoms with Crippen molar-refractivity contribution in [3.63, 3.8) is 0 Å². The molecule has 2 aromatic carbocycles. The lowest BCUT2D eigenvalue weighted by Gasteiger charge is -2.32. The SMILES string of the molecule is CCS(=O)(=O)NC1Cn2c(cn(-c3noc4cccc(-c5c(F)cccc5F)c34)c2=O)CC1(F)F. The van der Waals surface area contributed by atoms with E-state index in [-0.39, 0.29) is 33.6 Å². The zero-order chi connectivity index (χ0) is 25.1. The van der Waals surface area contributed by atoms with E-state index < -0.39 is 58.0 Å². The molecule has 1 aliphatic rings. The van der Waals surface area contributed by atoms with Crippen molar-refractivity contribution in [2.75, 3.05) is 5.75 Å². The quantitative estimate of drug-likeness (QED) is 0.416. The number of aromatic nitrogens is 3. The minimum absolute atomic E-state index is 0.0577. The first kappa shape index (κ1) is 23.3. The van der Waals surface area contributed by atoms with Gasteiger partial charge in [-0.25, -0.2) is 40.1 Å². The van der Waals surface area contributed by atoms with Crippen LogP contribution < -0.4 is 10.4 Å². The topological polar surface area (TPSA) is 99.1 Å². The standard InChI is InChI=1S/C22H18F4N4O4S/c1-2-35(32,33)28-17-11-29-12(9-22(17,25)26)10-30(21(29)31)20-19-13(5-3-8-16(19)34-27-20)18-14(23)6-4-7-15(18)24/h3-8,10,17,28H,2,9,11H2,1H3. The van der Waals surface area contributed by atoms with E-state index in [1.165, 1.54) is 31.2 Å². The second-order valence-corrected chi connectivity index (χ2v) is 10.2. The lowest BCUT2D eigenvalue weighted by molar-refractivity contribution is -0.0468. The minimum Gasteiger partial charge on any atom is -0.354 e.